The third-order valence-corrected chi connectivity index (χ3v) is 7.24. The van der Waals surface area contributed by atoms with Crippen molar-refractivity contribution < 1.29 is 68.5 Å². The maximum Gasteiger partial charge on any atom is 0.474 e. The second kappa shape index (κ2) is 15.9. The Hall–Kier alpha value is -0.550. The van der Waals surface area contributed by atoms with Gasteiger partial charge in [-0.15, -0.1) is 6.58 Å². The van der Waals surface area contributed by atoms with Crippen molar-refractivity contribution in [1.29, 1.82) is 0 Å². The van der Waals surface area contributed by atoms with Crippen LogP contribution in [0.15, 0.2) is 12.7 Å². The number of ether oxygens (including phenoxy) is 3. The lowest BCUT2D eigenvalue weighted by atomic mass is 9.97. The molecule has 0 bridgehead atoms. The van der Waals surface area contributed by atoms with E-state index in [1.54, 1.807) is 0 Å². The number of aliphatic hydroxyl groups is 7. The fourth-order valence-corrected chi connectivity index (χ4v) is 4.94. The highest BCUT2D eigenvalue weighted by atomic mass is 31.2. The zero-order valence-electron chi connectivity index (χ0n) is 20.6. The van der Waals surface area contributed by atoms with Gasteiger partial charge in [0.25, 0.3) is 0 Å². The monoisotopic (exact) mass is 560 g/mol. The number of allylic oxidation sites excluding steroid dienone is 1. The van der Waals surface area contributed by atoms with Gasteiger partial charge < -0.3 is 54.8 Å². The molecular formula is C22H41O14P. The lowest BCUT2D eigenvalue weighted by Crippen LogP contribution is -2.64. The van der Waals surface area contributed by atoms with Crippen molar-refractivity contribution in [2.24, 2.45) is 0 Å². The number of rotatable bonds is 16. The molecule has 11 atom stereocenters. The Balaban J connectivity index is 1.87. The van der Waals surface area contributed by atoms with E-state index in [1.807, 2.05) is 6.08 Å². The van der Waals surface area contributed by atoms with Gasteiger partial charge in [-0.25, -0.2) is 4.57 Å². The summed E-state index contributed by atoms with van der Waals surface area (Å²) in [4.78, 5) is 10.0. The van der Waals surface area contributed by atoms with Crippen molar-refractivity contribution in [2.45, 2.75) is 106 Å². The molecule has 0 aromatic rings. The minimum Gasteiger partial charge on any atom is -0.394 e. The van der Waals surface area contributed by atoms with Crippen LogP contribution in [-0.2, 0) is 27.8 Å². The molecule has 37 heavy (non-hydrogen) atoms. The molecule has 2 aliphatic heterocycles. The van der Waals surface area contributed by atoms with Gasteiger partial charge in [0.2, 0.25) is 0 Å². The van der Waals surface area contributed by atoms with E-state index in [9.17, 15) is 45.2 Å². The average Bonchev–Trinajstić information content (AvgIpc) is 2.87. The Kier molecular flexibility index (Phi) is 14.0. The van der Waals surface area contributed by atoms with E-state index in [2.05, 4.69) is 6.58 Å². The quantitative estimate of drug-likeness (QED) is 0.0621. The smallest absolute Gasteiger partial charge is 0.394 e. The molecule has 0 aromatic heterocycles. The molecule has 218 valence electrons. The van der Waals surface area contributed by atoms with Gasteiger partial charge in [-0.1, -0.05) is 31.8 Å². The van der Waals surface area contributed by atoms with E-state index in [1.165, 1.54) is 0 Å². The molecule has 2 saturated heterocycles. The fourth-order valence-electron chi connectivity index (χ4n) is 4.08. The molecule has 14 nitrogen and oxygen atoms in total. The molecule has 1 unspecified atom stereocenters. The summed E-state index contributed by atoms with van der Waals surface area (Å²) in [6, 6.07) is 0. The standard InChI is InChI=1S/C22H41O14P/c1-2-3-4-5-6-7-8-9-10-32-37(30,31)36-22-19(29)17(27)20(14(12-24)34-22)35-21-18(28)16(26)15(25)13(11-23)33-21/h2,13-29H,1,3-12H2,(H,30,31)/t13-,14-,15+,16+,17-,18-,19-,20-,21+,22-/m1/s1. The maximum atomic E-state index is 12.3. The summed E-state index contributed by atoms with van der Waals surface area (Å²) in [7, 11) is -4.71. The van der Waals surface area contributed by atoms with Gasteiger partial charge in [0.05, 0.1) is 19.8 Å². The van der Waals surface area contributed by atoms with E-state index in [0.29, 0.717) is 6.42 Å². The van der Waals surface area contributed by atoms with Crippen LogP contribution in [0.1, 0.15) is 44.9 Å². The molecular weight excluding hydrogens is 519 g/mol. The largest absolute Gasteiger partial charge is 0.474 e. The average molecular weight is 561 g/mol. The van der Waals surface area contributed by atoms with E-state index in [4.69, 9.17) is 23.3 Å². The third kappa shape index (κ3) is 9.55. The molecule has 0 aliphatic carbocycles. The second-order valence-electron chi connectivity index (χ2n) is 9.11. The number of unbranched alkanes of at least 4 members (excludes halogenated alkanes) is 6. The molecule has 2 rings (SSSR count). The van der Waals surface area contributed by atoms with Gasteiger partial charge in [-0.2, -0.15) is 0 Å². The van der Waals surface area contributed by atoms with Gasteiger partial charge in [-0.05, 0) is 19.3 Å². The van der Waals surface area contributed by atoms with Crippen LogP contribution in [0.2, 0.25) is 0 Å². The highest BCUT2D eigenvalue weighted by Gasteiger charge is 2.51. The Morgan fingerprint density at radius 3 is 1.95 bits per heavy atom. The van der Waals surface area contributed by atoms with Crippen molar-refractivity contribution >= 4 is 7.82 Å². The molecule has 0 radical (unpaired) electrons. The third-order valence-electron chi connectivity index (χ3n) is 6.25. The number of hydrogen-bond acceptors (Lipinski definition) is 13. The first-order valence-electron chi connectivity index (χ1n) is 12.4. The number of phosphoric acid groups is 1. The molecule has 2 heterocycles. The summed E-state index contributed by atoms with van der Waals surface area (Å²) in [6.45, 7) is 2.05. The summed E-state index contributed by atoms with van der Waals surface area (Å²) >= 11 is 0. The molecule has 2 fully saturated rings. The summed E-state index contributed by atoms with van der Waals surface area (Å²) in [5.74, 6) is 0. The molecule has 0 aromatic carbocycles. The first-order valence-corrected chi connectivity index (χ1v) is 13.9. The summed E-state index contributed by atoms with van der Waals surface area (Å²) in [5, 5.41) is 69.9. The van der Waals surface area contributed by atoms with Crippen LogP contribution in [0.3, 0.4) is 0 Å². The van der Waals surface area contributed by atoms with Crippen molar-refractivity contribution in [3.8, 4) is 0 Å². The first-order chi connectivity index (χ1) is 17.6. The van der Waals surface area contributed by atoms with Crippen LogP contribution >= 0.6 is 7.82 Å². The topological polar surface area (TPSA) is 225 Å². The number of phosphoric ester groups is 1. The van der Waals surface area contributed by atoms with Crippen molar-refractivity contribution in [1.82, 2.24) is 0 Å². The lowest BCUT2D eigenvalue weighted by Gasteiger charge is -2.45. The predicted octanol–water partition coefficient (Wildman–Crippen LogP) is -1.34. The summed E-state index contributed by atoms with van der Waals surface area (Å²) in [6.07, 6.45) is -8.69. The fraction of sp³-hybridized carbons (Fsp3) is 0.909. The molecule has 0 amide bonds. The highest BCUT2D eigenvalue weighted by Crippen LogP contribution is 2.47. The van der Waals surface area contributed by atoms with E-state index >= 15 is 0 Å². The van der Waals surface area contributed by atoms with Gasteiger partial charge in [0.1, 0.15) is 48.8 Å². The summed E-state index contributed by atoms with van der Waals surface area (Å²) in [5.41, 5.74) is 0. The van der Waals surface area contributed by atoms with E-state index < -0.39 is 82.4 Å². The minimum atomic E-state index is -4.71. The van der Waals surface area contributed by atoms with Gasteiger partial charge in [-0.3, -0.25) is 9.05 Å². The van der Waals surface area contributed by atoms with Crippen molar-refractivity contribution in [3.05, 3.63) is 12.7 Å². The first kappa shape index (κ1) is 32.7. The maximum absolute atomic E-state index is 12.3. The summed E-state index contributed by atoms with van der Waals surface area (Å²) < 4.78 is 38.1. The Morgan fingerprint density at radius 2 is 1.32 bits per heavy atom. The molecule has 0 saturated carbocycles. The van der Waals surface area contributed by atoms with Gasteiger partial charge in [0, 0.05) is 0 Å². The number of hydrogen-bond donors (Lipinski definition) is 8. The van der Waals surface area contributed by atoms with Crippen LogP contribution in [0.5, 0.6) is 0 Å². The van der Waals surface area contributed by atoms with Crippen molar-refractivity contribution in [3.63, 3.8) is 0 Å². The Morgan fingerprint density at radius 1 is 0.757 bits per heavy atom. The van der Waals surface area contributed by atoms with Gasteiger partial charge in [0.15, 0.2) is 12.6 Å². The molecule has 2 aliphatic rings. The SMILES string of the molecule is C=CCCCCCCCCOP(=O)(O)O[C@H]1O[C@H](CO)[C@@H](O[C@@H]2O[C@H](CO)[C@H](O)[C@H](O)[C@H]2O)[C@H](O)[C@H]1O. The van der Waals surface area contributed by atoms with E-state index in [0.717, 1.165) is 38.5 Å². The Labute approximate surface area is 215 Å². The van der Waals surface area contributed by atoms with Crippen LogP contribution in [-0.4, -0.2) is 122 Å². The minimum absolute atomic E-state index is 0.0852. The van der Waals surface area contributed by atoms with Crippen LogP contribution in [0, 0.1) is 0 Å². The van der Waals surface area contributed by atoms with Crippen LogP contribution in [0.25, 0.3) is 0 Å². The lowest BCUT2D eigenvalue weighted by molar-refractivity contribution is -0.353. The molecule has 0 spiro atoms. The Bertz CT molecular complexity index is 709. The van der Waals surface area contributed by atoms with Crippen LogP contribution in [0.4, 0.5) is 0 Å². The number of aliphatic hydroxyl groups excluding tert-OH is 7. The predicted molar refractivity (Wildman–Crippen MR) is 126 cm³/mol. The van der Waals surface area contributed by atoms with Gasteiger partial charge >= 0.3 is 7.82 Å². The highest BCUT2D eigenvalue weighted by molar-refractivity contribution is 7.47. The normalized spacial score (nSPS) is 38.3. The molecule has 8 N–H and O–H groups in total. The van der Waals surface area contributed by atoms with E-state index in [-0.39, 0.29) is 6.61 Å². The van der Waals surface area contributed by atoms with Crippen molar-refractivity contribution in [2.75, 3.05) is 19.8 Å². The molecule has 15 heteroatoms. The second-order valence-corrected chi connectivity index (χ2v) is 10.5. The zero-order valence-corrected chi connectivity index (χ0v) is 21.5. The van der Waals surface area contributed by atoms with Crippen LogP contribution < -0.4 is 0 Å². The zero-order chi connectivity index (χ0) is 27.6.